The highest BCUT2D eigenvalue weighted by Crippen LogP contribution is 2.23. The van der Waals surface area contributed by atoms with Gasteiger partial charge < -0.3 is 15.1 Å². The van der Waals surface area contributed by atoms with Gasteiger partial charge in [-0.15, -0.1) is 0 Å². The first-order valence-corrected chi connectivity index (χ1v) is 7.64. The number of pyridine rings is 1. The molecule has 128 valence electrons. The van der Waals surface area contributed by atoms with Crippen LogP contribution in [0.5, 0.6) is 5.75 Å². The van der Waals surface area contributed by atoms with E-state index in [0.29, 0.717) is 23.4 Å². The van der Waals surface area contributed by atoms with Gasteiger partial charge in [0.05, 0.1) is 24.9 Å². The fraction of sp³-hybridized carbons (Fsp3) is 0.333. The second kappa shape index (κ2) is 7.99. The van der Waals surface area contributed by atoms with Crippen LogP contribution >= 0.6 is 0 Å². The van der Waals surface area contributed by atoms with Gasteiger partial charge in [-0.25, -0.2) is 4.39 Å². The first-order valence-electron chi connectivity index (χ1n) is 7.64. The number of halogens is 1. The van der Waals surface area contributed by atoms with E-state index in [1.54, 1.807) is 13.0 Å². The molecular formula is C18H22FN3O2. The first kappa shape index (κ1) is 18.0. The molecule has 0 spiro atoms. The molecule has 1 heterocycles. The van der Waals surface area contributed by atoms with E-state index in [1.807, 2.05) is 25.1 Å². The fourth-order valence-corrected chi connectivity index (χ4v) is 2.45. The number of hydrogen-bond acceptors (Lipinski definition) is 5. The Morgan fingerprint density at radius 3 is 2.75 bits per heavy atom. The predicted molar refractivity (Wildman–Crippen MR) is 91.9 cm³/mol. The molecule has 0 aliphatic heterocycles. The minimum atomic E-state index is -0.284. The largest absolute Gasteiger partial charge is 0.505 e. The minimum absolute atomic E-state index is 0.0115. The summed E-state index contributed by atoms with van der Waals surface area (Å²) < 4.78 is 13.4. The summed E-state index contributed by atoms with van der Waals surface area (Å²) in [6.07, 6.45) is 3.05. The topological polar surface area (TPSA) is 69.0 Å². The summed E-state index contributed by atoms with van der Waals surface area (Å²) >= 11 is 0. The summed E-state index contributed by atoms with van der Waals surface area (Å²) in [5.41, 5.74) is 2.27. The van der Waals surface area contributed by atoms with Crippen LogP contribution in [-0.2, 0) is 6.61 Å². The molecule has 2 N–H and O–H groups in total. The van der Waals surface area contributed by atoms with Gasteiger partial charge in [0.1, 0.15) is 11.6 Å². The number of aliphatic hydroxyl groups is 1. The standard InChI is InChI=1S/C18H22FN3O2/c1-12-18(24)16(14(11-23)8-21-12)9-20-10-17(22(2)3)13-5-4-6-15(19)7-13/h4-9,17,23-24H,10-11H2,1-3H3/t17-/m0/s1. The van der Waals surface area contributed by atoms with Crippen molar-refractivity contribution in [3.8, 4) is 5.75 Å². The third kappa shape index (κ3) is 4.15. The van der Waals surface area contributed by atoms with Gasteiger partial charge in [-0.3, -0.25) is 9.98 Å². The third-order valence-electron chi connectivity index (χ3n) is 3.88. The molecule has 1 aromatic carbocycles. The highest BCUT2D eigenvalue weighted by molar-refractivity contribution is 5.85. The van der Waals surface area contributed by atoms with Crippen molar-refractivity contribution in [1.29, 1.82) is 0 Å². The Morgan fingerprint density at radius 1 is 1.38 bits per heavy atom. The molecule has 6 heteroatoms. The van der Waals surface area contributed by atoms with Gasteiger partial charge in [-0.2, -0.15) is 0 Å². The van der Waals surface area contributed by atoms with Crippen LogP contribution in [0.4, 0.5) is 4.39 Å². The normalized spacial score (nSPS) is 12.9. The van der Waals surface area contributed by atoms with Gasteiger partial charge in [0, 0.05) is 23.5 Å². The Morgan fingerprint density at radius 2 is 2.12 bits per heavy atom. The molecular weight excluding hydrogens is 309 g/mol. The van der Waals surface area contributed by atoms with Crippen molar-refractivity contribution in [2.24, 2.45) is 4.99 Å². The minimum Gasteiger partial charge on any atom is -0.505 e. The van der Waals surface area contributed by atoms with E-state index in [0.717, 1.165) is 5.56 Å². The van der Waals surface area contributed by atoms with Crippen molar-refractivity contribution in [2.45, 2.75) is 19.6 Å². The van der Waals surface area contributed by atoms with Crippen LogP contribution in [0, 0.1) is 12.7 Å². The van der Waals surface area contributed by atoms with Crippen molar-refractivity contribution in [3.63, 3.8) is 0 Å². The quantitative estimate of drug-likeness (QED) is 0.798. The van der Waals surface area contributed by atoms with E-state index in [2.05, 4.69) is 9.98 Å². The van der Waals surface area contributed by atoms with E-state index in [-0.39, 0.29) is 24.2 Å². The Bertz CT molecular complexity index is 732. The predicted octanol–water partition coefficient (Wildman–Crippen LogP) is 2.45. The van der Waals surface area contributed by atoms with Gasteiger partial charge in [-0.05, 0) is 38.7 Å². The lowest BCUT2D eigenvalue weighted by Gasteiger charge is -2.23. The smallest absolute Gasteiger partial charge is 0.145 e. The molecule has 0 saturated carbocycles. The number of nitrogens with zero attached hydrogens (tertiary/aromatic N) is 3. The molecule has 5 nitrogen and oxygen atoms in total. The van der Waals surface area contributed by atoms with Gasteiger partial charge in [0.25, 0.3) is 0 Å². The Hall–Kier alpha value is -2.31. The second-order valence-electron chi connectivity index (χ2n) is 5.82. The molecule has 0 aliphatic carbocycles. The van der Waals surface area contributed by atoms with Crippen LogP contribution in [0.25, 0.3) is 0 Å². The summed E-state index contributed by atoms with van der Waals surface area (Å²) in [5.74, 6) is -0.272. The van der Waals surface area contributed by atoms with E-state index in [4.69, 9.17) is 0 Å². The fourth-order valence-electron chi connectivity index (χ4n) is 2.45. The monoisotopic (exact) mass is 331 g/mol. The lowest BCUT2D eigenvalue weighted by atomic mass is 10.1. The van der Waals surface area contributed by atoms with Crippen molar-refractivity contribution < 1.29 is 14.6 Å². The van der Waals surface area contributed by atoms with Crippen molar-refractivity contribution in [3.05, 3.63) is 58.7 Å². The van der Waals surface area contributed by atoms with Crippen molar-refractivity contribution >= 4 is 6.21 Å². The number of hydrogen-bond donors (Lipinski definition) is 2. The summed E-state index contributed by atoms with van der Waals surface area (Å²) in [5, 5.41) is 19.5. The molecule has 2 rings (SSSR count). The summed E-state index contributed by atoms with van der Waals surface area (Å²) in [7, 11) is 3.80. The molecule has 0 saturated heterocycles. The number of aromatic nitrogens is 1. The second-order valence-corrected chi connectivity index (χ2v) is 5.82. The Kier molecular flexibility index (Phi) is 6.00. The van der Waals surface area contributed by atoms with E-state index >= 15 is 0 Å². The van der Waals surface area contributed by atoms with Gasteiger partial charge in [0.15, 0.2) is 0 Å². The average Bonchev–Trinajstić information content (AvgIpc) is 2.55. The van der Waals surface area contributed by atoms with E-state index < -0.39 is 0 Å². The SMILES string of the molecule is Cc1ncc(CO)c(C=NC[C@@H](c2cccc(F)c2)N(C)C)c1O. The molecule has 0 amide bonds. The zero-order valence-electron chi connectivity index (χ0n) is 14.1. The van der Waals surface area contributed by atoms with Crippen molar-refractivity contribution in [2.75, 3.05) is 20.6 Å². The lowest BCUT2D eigenvalue weighted by Crippen LogP contribution is -2.22. The Balaban J connectivity index is 2.24. The van der Waals surface area contributed by atoms with Crippen LogP contribution < -0.4 is 0 Å². The lowest BCUT2D eigenvalue weighted by molar-refractivity contribution is 0.280. The molecule has 0 bridgehead atoms. The summed E-state index contributed by atoms with van der Waals surface area (Å²) in [4.78, 5) is 10.4. The highest BCUT2D eigenvalue weighted by Gasteiger charge is 2.14. The van der Waals surface area contributed by atoms with Gasteiger partial charge >= 0.3 is 0 Å². The van der Waals surface area contributed by atoms with E-state index in [1.165, 1.54) is 24.5 Å². The van der Waals surface area contributed by atoms with Gasteiger partial charge in [0.2, 0.25) is 0 Å². The van der Waals surface area contributed by atoms with E-state index in [9.17, 15) is 14.6 Å². The molecule has 1 aromatic heterocycles. The maximum Gasteiger partial charge on any atom is 0.145 e. The van der Waals surface area contributed by atoms with Crippen LogP contribution in [0.3, 0.4) is 0 Å². The zero-order valence-corrected chi connectivity index (χ0v) is 14.1. The first-order chi connectivity index (χ1) is 11.4. The van der Waals surface area contributed by atoms with Gasteiger partial charge in [-0.1, -0.05) is 12.1 Å². The van der Waals surface area contributed by atoms with Crippen molar-refractivity contribution in [1.82, 2.24) is 9.88 Å². The highest BCUT2D eigenvalue weighted by atomic mass is 19.1. The molecule has 2 aromatic rings. The number of aliphatic imine (C=N–C) groups is 1. The maximum atomic E-state index is 13.4. The summed E-state index contributed by atoms with van der Waals surface area (Å²) in [6, 6.07) is 6.33. The average molecular weight is 331 g/mol. The summed E-state index contributed by atoms with van der Waals surface area (Å²) in [6.45, 7) is 1.84. The third-order valence-corrected chi connectivity index (χ3v) is 3.88. The molecule has 0 unspecified atom stereocenters. The number of aliphatic hydroxyl groups excluding tert-OH is 1. The van der Waals surface area contributed by atoms with Crippen LogP contribution in [0.2, 0.25) is 0 Å². The van der Waals surface area contributed by atoms with Crippen LogP contribution in [-0.4, -0.2) is 47.0 Å². The van der Waals surface area contributed by atoms with Crippen LogP contribution in [0.1, 0.15) is 28.4 Å². The molecule has 0 aliphatic rings. The van der Waals surface area contributed by atoms with Crippen LogP contribution in [0.15, 0.2) is 35.5 Å². The number of aromatic hydroxyl groups is 1. The number of likely N-dealkylation sites (N-methyl/N-ethyl adjacent to an activating group) is 1. The molecule has 0 fully saturated rings. The number of rotatable bonds is 6. The Labute approximate surface area is 141 Å². The number of benzene rings is 1. The maximum absolute atomic E-state index is 13.4. The number of aryl methyl sites for hydroxylation is 1. The zero-order chi connectivity index (χ0) is 17.7. The molecule has 1 atom stereocenters. The molecule has 0 radical (unpaired) electrons. The molecule has 24 heavy (non-hydrogen) atoms.